The summed E-state index contributed by atoms with van der Waals surface area (Å²) in [5.74, 6) is 0.118. The maximum absolute atomic E-state index is 12.5. The summed E-state index contributed by atoms with van der Waals surface area (Å²) in [5, 5.41) is 7.16. The zero-order valence-electron chi connectivity index (χ0n) is 16.8. The SMILES string of the molecule is C[C@@H](Oc1ccn(-c2ccccc2)n1)C(=O)Nc1ccc(C(=O)N2CCCC2)cc1. The van der Waals surface area contributed by atoms with Crippen molar-refractivity contribution in [3.8, 4) is 11.6 Å². The standard InChI is InChI=1S/C23H24N4O3/c1-17(30-21-13-16-27(25-21)20-7-3-2-4-8-20)22(28)24-19-11-9-18(10-12-19)23(29)26-14-5-6-15-26/h2-4,7-13,16-17H,5-6,14-15H2,1H3,(H,24,28)/t17-/m1/s1. The first-order chi connectivity index (χ1) is 14.6. The van der Waals surface area contributed by atoms with Gasteiger partial charge in [-0.05, 0) is 56.2 Å². The quantitative estimate of drug-likeness (QED) is 0.682. The van der Waals surface area contributed by atoms with Crippen molar-refractivity contribution in [1.82, 2.24) is 14.7 Å². The van der Waals surface area contributed by atoms with Gasteiger partial charge in [0.2, 0.25) is 5.88 Å². The van der Waals surface area contributed by atoms with E-state index in [4.69, 9.17) is 4.74 Å². The molecule has 2 heterocycles. The topological polar surface area (TPSA) is 76.5 Å². The van der Waals surface area contributed by atoms with Crippen molar-refractivity contribution in [2.24, 2.45) is 0 Å². The molecule has 1 aliphatic heterocycles. The number of nitrogens with one attached hydrogen (secondary N) is 1. The third-order valence-electron chi connectivity index (χ3n) is 5.04. The van der Waals surface area contributed by atoms with E-state index >= 15 is 0 Å². The lowest BCUT2D eigenvalue weighted by Gasteiger charge is -2.16. The minimum Gasteiger partial charge on any atom is -0.463 e. The van der Waals surface area contributed by atoms with Gasteiger partial charge in [-0.3, -0.25) is 9.59 Å². The Balaban J connectivity index is 1.33. The number of anilines is 1. The maximum atomic E-state index is 12.5. The number of amides is 2. The summed E-state index contributed by atoms with van der Waals surface area (Å²) >= 11 is 0. The maximum Gasteiger partial charge on any atom is 0.265 e. The van der Waals surface area contributed by atoms with Crippen LogP contribution in [-0.4, -0.2) is 45.7 Å². The highest BCUT2D eigenvalue weighted by molar-refractivity contribution is 5.97. The molecule has 0 spiro atoms. The van der Waals surface area contributed by atoms with Crippen LogP contribution in [0.15, 0.2) is 66.9 Å². The van der Waals surface area contributed by atoms with Gasteiger partial charge in [0.05, 0.1) is 5.69 Å². The van der Waals surface area contributed by atoms with Crippen molar-refractivity contribution in [2.75, 3.05) is 18.4 Å². The molecule has 0 radical (unpaired) electrons. The molecule has 0 unspecified atom stereocenters. The van der Waals surface area contributed by atoms with E-state index < -0.39 is 6.10 Å². The van der Waals surface area contributed by atoms with E-state index in [1.54, 1.807) is 48.1 Å². The highest BCUT2D eigenvalue weighted by atomic mass is 16.5. The van der Waals surface area contributed by atoms with Crippen LogP contribution in [-0.2, 0) is 4.79 Å². The fourth-order valence-electron chi connectivity index (χ4n) is 3.37. The summed E-state index contributed by atoms with van der Waals surface area (Å²) < 4.78 is 7.37. The van der Waals surface area contributed by atoms with Crippen LogP contribution >= 0.6 is 0 Å². The second-order valence-corrected chi connectivity index (χ2v) is 7.26. The molecule has 7 nitrogen and oxygen atoms in total. The molecule has 0 aliphatic carbocycles. The van der Waals surface area contributed by atoms with E-state index in [1.807, 2.05) is 35.2 Å². The van der Waals surface area contributed by atoms with Crippen LogP contribution in [0.4, 0.5) is 5.69 Å². The Bertz CT molecular complexity index is 1010. The Kier molecular flexibility index (Phi) is 5.79. The van der Waals surface area contributed by atoms with Gasteiger partial charge < -0.3 is 15.0 Å². The van der Waals surface area contributed by atoms with Gasteiger partial charge in [0.1, 0.15) is 0 Å². The number of aromatic nitrogens is 2. The van der Waals surface area contributed by atoms with Crippen LogP contribution in [0.25, 0.3) is 5.69 Å². The van der Waals surface area contributed by atoms with Gasteiger partial charge in [-0.1, -0.05) is 18.2 Å². The third-order valence-corrected chi connectivity index (χ3v) is 5.04. The van der Waals surface area contributed by atoms with Gasteiger partial charge in [0, 0.05) is 36.6 Å². The fraction of sp³-hybridized carbons (Fsp3) is 0.261. The lowest BCUT2D eigenvalue weighted by molar-refractivity contribution is -0.122. The lowest BCUT2D eigenvalue weighted by atomic mass is 10.2. The molecule has 7 heteroatoms. The summed E-state index contributed by atoms with van der Waals surface area (Å²) in [5.41, 5.74) is 2.15. The van der Waals surface area contributed by atoms with Gasteiger partial charge in [0.25, 0.3) is 11.8 Å². The van der Waals surface area contributed by atoms with E-state index in [0.717, 1.165) is 31.6 Å². The molecule has 1 atom stereocenters. The summed E-state index contributed by atoms with van der Waals surface area (Å²) in [6, 6.07) is 18.3. The third kappa shape index (κ3) is 4.51. The van der Waals surface area contributed by atoms with E-state index in [9.17, 15) is 9.59 Å². The number of carbonyl (C=O) groups excluding carboxylic acids is 2. The average molecular weight is 404 g/mol. The molecule has 1 aliphatic rings. The molecule has 0 saturated carbocycles. The lowest BCUT2D eigenvalue weighted by Crippen LogP contribution is -2.30. The largest absolute Gasteiger partial charge is 0.463 e. The van der Waals surface area contributed by atoms with Crippen molar-refractivity contribution in [3.05, 3.63) is 72.4 Å². The van der Waals surface area contributed by atoms with Crippen LogP contribution in [0.1, 0.15) is 30.1 Å². The first-order valence-electron chi connectivity index (χ1n) is 10.1. The molecule has 1 aromatic heterocycles. The Morgan fingerprint density at radius 2 is 1.70 bits per heavy atom. The molecular formula is C23H24N4O3. The number of carbonyl (C=O) groups is 2. The Morgan fingerprint density at radius 1 is 1.00 bits per heavy atom. The molecule has 1 N–H and O–H groups in total. The molecule has 1 saturated heterocycles. The van der Waals surface area contributed by atoms with Crippen LogP contribution in [0.5, 0.6) is 5.88 Å². The van der Waals surface area contributed by atoms with Crippen LogP contribution in [0.3, 0.4) is 0 Å². The van der Waals surface area contributed by atoms with Crippen LogP contribution in [0, 0.1) is 0 Å². The van der Waals surface area contributed by atoms with Gasteiger partial charge >= 0.3 is 0 Å². The monoisotopic (exact) mass is 404 g/mol. The van der Waals surface area contributed by atoms with Crippen molar-refractivity contribution in [2.45, 2.75) is 25.9 Å². The van der Waals surface area contributed by atoms with E-state index in [-0.39, 0.29) is 11.8 Å². The minimum absolute atomic E-state index is 0.0380. The Hall–Kier alpha value is -3.61. The van der Waals surface area contributed by atoms with Crippen LogP contribution in [0.2, 0.25) is 0 Å². The van der Waals surface area contributed by atoms with Crippen molar-refractivity contribution in [3.63, 3.8) is 0 Å². The van der Waals surface area contributed by atoms with Crippen LogP contribution < -0.4 is 10.1 Å². The number of benzene rings is 2. The van der Waals surface area contributed by atoms with Gasteiger partial charge in [-0.25, -0.2) is 4.68 Å². The number of nitrogens with zero attached hydrogens (tertiary/aromatic N) is 3. The predicted octanol–water partition coefficient (Wildman–Crippen LogP) is 3.51. The van der Waals surface area contributed by atoms with Crippen molar-refractivity contribution in [1.29, 1.82) is 0 Å². The summed E-state index contributed by atoms with van der Waals surface area (Å²) in [7, 11) is 0. The normalized spacial score (nSPS) is 14.4. The molecule has 1 fully saturated rings. The summed E-state index contributed by atoms with van der Waals surface area (Å²) in [4.78, 5) is 26.7. The molecule has 2 aromatic carbocycles. The van der Waals surface area contributed by atoms with Gasteiger partial charge in [-0.15, -0.1) is 5.10 Å². The second-order valence-electron chi connectivity index (χ2n) is 7.26. The Morgan fingerprint density at radius 3 is 2.40 bits per heavy atom. The molecule has 3 aromatic rings. The number of likely N-dealkylation sites (tertiary alicyclic amines) is 1. The minimum atomic E-state index is -0.727. The van der Waals surface area contributed by atoms with E-state index in [2.05, 4.69) is 10.4 Å². The Labute approximate surface area is 175 Å². The molecule has 154 valence electrons. The number of hydrogen-bond donors (Lipinski definition) is 1. The smallest absolute Gasteiger partial charge is 0.265 e. The zero-order chi connectivity index (χ0) is 20.9. The predicted molar refractivity (Wildman–Crippen MR) is 114 cm³/mol. The zero-order valence-corrected chi connectivity index (χ0v) is 16.8. The molecule has 2 amide bonds. The first-order valence-corrected chi connectivity index (χ1v) is 10.1. The number of rotatable bonds is 6. The number of ether oxygens (including phenoxy) is 1. The number of para-hydroxylation sites is 1. The average Bonchev–Trinajstić information content (AvgIpc) is 3.47. The van der Waals surface area contributed by atoms with E-state index in [1.165, 1.54) is 0 Å². The van der Waals surface area contributed by atoms with Gasteiger partial charge in [0.15, 0.2) is 6.10 Å². The molecule has 30 heavy (non-hydrogen) atoms. The molecule has 4 rings (SSSR count). The number of hydrogen-bond acceptors (Lipinski definition) is 4. The highest BCUT2D eigenvalue weighted by Crippen LogP contribution is 2.17. The summed E-state index contributed by atoms with van der Waals surface area (Å²) in [6.07, 6.45) is 3.17. The molecular weight excluding hydrogens is 380 g/mol. The first kappa shape index (κ1) is 19.7. The van der Waals surface area contributed by atoms with Crippen molar-refractivity contribution >= 4 is 17.5 Å². The van der Waals surface area contributed by atoms with E-state index in [0.29, 0.717) is 17.1 Å². The highest BCUT2D eigenvalue weighted by Gasteiger charge is 2.20. The fourth-order valence-corrected chi connectivity index (χ4v) is 3.37. The van der Waals surface area contributed by atoms with Gasteiger partial charge in [-0.2, -0.15) is 0 Å². The summed E-state index contributed by atoms with van der Waals surface area (Å²) in [6.45, 7) is 3.29. The second kappa shape index (κ2) is 8.82. The molecule has 0 bridgehead atoms. The van der Waals surface area contributed by atoms with Crippen molar-refractivity contribution < 1.29 is 14.3 Å².